The summed E-state index contributed by atoms with van der Waals surface area (Å²) in [5.41, 5.74) is 4.34. The number of ether oxygens (including phenoxy) is 1. The lowest BCUT2D eigenvalue weighted by molar-refractivity contribution is 0.110. The number of benzene rings is 2. The summed E-state index contributed by atoms with van der Waals surface area (Å²) >= 11 is 0. The molecule has 10 heteroatoms. The number of hydrogen-bond donors (Lipinski definition) is 2. The molecule has 0 saturated carbocycles. The Labute approximate surface area is 262 Å². The fourth-order valence-corrected chi connectivity index (χ4v) is 9.00. The SMILES string of the molecule is CCc1c(F)ccc2cc(O)cc(N3CCc4c(nc(OC[C@@]56CCCN5C[C@H](F)C6)c(C#N)c4N4CC5CCC(C4)N5)C3)c12. The summed E-state index contributed by atoms with van der Waals surface area (Å²) < 4.78 is 36.1. The largest absolute Gasteiger partial charge is 0.508 e. The van der Waals surface area contributed by atoms with E-state index < -0.39 is 6.17 Å². The van der Waals surface area contributed by atoms with Crippen LogP contribution in [0.2, 0.25) is 0 Å². The maximum atomic E-state index is 15.0. The van der Waals surface area contributed by atoms with Gasteiger partial charge >= 0.3 is 0 Å². The molecular formula is C35H40F2N6O2. The van der Waals surface area contributed by atoms with Gasteiger partial charge in [0.15, 0.2) is 0 Å². The van der Waals surface area contributed by atoms with Crippen LogP contribution in [0, 0.1) is 17.1 Å². The van der Waals surface area contributed by atoms with Gasteiger partial charge in [-0.25, -0.2) is 13.8 Å². The van der Waals surface area contributed by atoms with Gasteiger partial charge in [0.25, 0.3) is 0 Å². The van der Waals surface area contributed by atoms with E-state index in [1.165, 1.54) is 6.07 Å². The lowest BCUT2D eigenvalue weighted by Gasteiger charge is -2.39. The second-order valence-corrected chi connectivity index (χ2v) is 13.7. The highest BCUT2D eigenvalue weighted by atomic mass is 19.1. The number of aromatic hydroxyl groups is 1. The number of pyridine rings is 1. The Balaban J connectivity index is 1.21. The lowest BCUT2D eigenvalue weighted by atomic mass is 9.94. The first-order chi connectivity index (χ1) is 21.9. The molecule has 236 valence electrons. The van der Waals surface area contributed by atoms with Crippen LogP contribution in [-0.4, -0.2) is 78.1 Å². The van der Waals surface area contributed by atoms with Crippen molar-refractivity contribution in [1.82, 2.24) is 15.2 Å². The van der Waals surface area contributed by atoms with E-state index >= 15 is 4.39 Å². The molecule has 8 nitrogen and oxygen atoms in total. The number of nitrogens with one attached hydrogen (secondary N) is 1. The Hall–Kier alpha value is -3.68. The lowest BCUT2D eigenvalue weighted by Crippen LogP contribution is -2.52. The number of phenolic OH excluding ortho intramolecular Hbond substituents is 1. The number of aromatic nitrogens is 1. The minimum atomic E-state index is -0.865. The normalized spacial score (nSPS) is 27.6. The van der Waals surface area contributed by atoms with Crippen LogP contribution in [0.5, 0.6) is 11.6 Å². The standard InChI is InChI=1S/C35H40F2N6O2/c1-2-26-29(37)7-4-21-12-25(44)13-31(32(21)26)41-11-8-27-30(19-41)40-34(45-20-35-9-3-10-43(35)16-22(36)14-35)28(15-38)33(27)42-17-23-5-6-24(18-42)39-23/h4,7,12-13,22-24,39,44H,2-3,5-6,8-11,14,16-20H2,1H3/t22-,23?,24?,35+/m1/s1. The van der Waals surface area contributed by atoms with Crippen molar-refractivity contribution in [3.8, 4) is 17.7 Å². The van der Waals surface area contributed by atoms with E-state index in [0.717, 1.165) is 78.7 Å². The minimum Gasteiger partial charge on any atom is -0.508 e. The Kier molecular flexibility index (Phi) is 7.03. The molecule has 0 amide bonds. The van der Waals surface area contributed by atoms with Crippen LogP contribution < -0.4 is 19.9 Å². The van der Waals surface area contributed by atoms with Gasteiger partial charge in [0.2, 0.25) is 5.88 Å². The number of piperazine rings is 1. The van der Waals surface area contributed by atoms with Crippen LogP contribution in [-0.2, 0) is 19.4 Å². The van der Waals surface area contributed by atoms with Crippen molar-refractivity contribution in [3.63, 3.8) is 0 Å². The molecule has 4 atom stereocenters. The van der Waals surface area contributed by atoms with Crippen LogP contribution >= 0.6 is 0 Å². The molecule has 8 rings (SSSR count). The zero-order chi connectivity index (χ0) is 30.9. The first kappa shape index (κ1) is 28.8. The van der Waals surface area contributed by atoms with Gasteiger partial charge in [-0.1, -0.05) is 13.0 Å². The summed E-state index contributed by atoms with van der Waals surface area (Å²) in [4.78, 5) is 11.8. The molecule has 45 heavy (non-hydrogen) atoms. The zero-order valence-electron chi connectivity index (χ0n) is 25.8. The van der Waals surface area contributed by atoms with Gasteiger partial charge in [0, 0.05) is 67.4 Å². The predicted octanol–water partition coefficient (Wildman–Crippen LogP) is 4.97. The molecule has 0 spiro atoms. The van der Waals surface area contributed by atoms with Gasteiger partial charge in [-0.3, -0.25) is 4.90 Å². The topological polar surface area (TPSA) is 87.9 Å². The van der Waals surface area contributed by atoms with Crippen LogP contribution in [0.4, 0.5) is 20.2 Å². The van der Waals surface area contributed by atoms with Crippen molar-refractivity contribution < 1.29 is 18.6 Å². The quantitative estimate of drug-likeness (QED) is 0.403. The first-order valence-electron chi connectivity index (χ1n) is 16.5. The fraction of sp³-hybridized carbons (Fsp3) is 0.543. The molecule has 6 heterocycles. The Morgan fingerprint density at radius 1 is 1.16 bits per heavy atom. The Morgan fingerprint density at radius 2 is 1.98 bits per heavy atom. The first-order valence-corrected chi connectivity index (χ1v) is 16.5. The number of nitriles is 1. The van der Waals surface area contributed by atoms with Crippen molar-refractivity contribution in [1.29, 1.82) is 5.26 Å². The summed E-state index contributed by atoms with van der Waals surface area (Å²) in [5, 5.41) is 26.6. The summed E-state index contributed by atoms with van der Waals surface area (Å²) in [6.07, 6.45) is 4.90. The summed E-state index contributed by atoms with van der Waals surface area (Å²) in [6.45, 7) is 6.28. The second-order valence-electron chi connectivity index (χ2n) is 13.7. The smallest absolute Gasteiger partial charge is 0.234 e. The van der Waals surface area contributed by atoms with Gasteiger partial charge in [-0.2, -0.15) is 5.26 Å². The molecule has 5 aliphatic rings. The number of phenols is 1. The molecule has 3 aromatic rings. The number of alkyl halides is 1. The molecule has 2 aromatic carbocycles. The monoisotopic (exact) mass is 614 g/mol. The minimum absolute atomic E-state index is 0.133. The van der Waals surface area contributed by atoms with E-state index in [2.05, 4.69) is 26.1 Å². The fourth-order valence-electron chi connectivity index (χ4n) is 9.00. The van der Waals surface area contributed by atoms with Gasteiger partial charge in [0.1, 0.15) is 36.0 Å². The summed E-state index contributed by atoms with van der Waals surface area (Å²) in [6, 6.07) is 9.85. The number of rotatable bonds is 6. The van der Waals surface area contributed by atoms with E-state index in [0.29, 0.717) is 74.6 Å². The van der Waals surface area contributed by atoms with Crippen molar-refractivity contribution in [2.24, 2.45) is 0 Å². The van der Waals surface area contributed by atoms with Crippen molar-refractivity contribution in [2.45, 2.75) is 82.2 Å². The van der Waals surface area contributed by atoms with Crippen molar-refractivity contribution in [3.05, 3.63) is 52.5 Å². The molecule has 2 bridgehead atoms. The molecule has 1 aromatic heterocycles. The van der Waals surface area contributed by atoms with Gasteiger partial charge in [-0.15, -0.1) is 0 Å². The molecule has 2 unspecified atom stereocenters. The number of fused-ring (bicyclic) bond motifs is 5. The number of hydrogen-bond acceptors (Lipinski definition) is 8. The highest BCUT2D eigenvalue weighted by molar-refractivity contribution is 5.98. The van der Waals surface area contributed by atoms with E-state index in [-0.39, 0.29) is 17.1 Å². The number of halogens is 2. The van der Waals surface area contributed by atoms with Crippen molar-refractivity contribution >= 4 is 22.1 Å². The third-order valence-corrected chi connectivity index (χ3v) is 11.0. The van der Waals surface area contributed by atoms with E-state index in [4.69, 9.17) is 9.72 Å². The molecule has 4 saturated heterocycles. The molecule has 0 aliphatic carbocycles. The van der Waals surface area contributed by atoms with Crippen LogP contribution in [0.15, 0.2) is 24.3 Å². The average molecular weight is 615 g/mol. The Morgan fingerprint density at radius 3 is 2.76 bits per heavy atom. The third kappa shape index (κ3) is 4.78. The van der Waals surface area contributed by atoms with Crippen molar-refractivity contribution in [2.75, 3.05) is 49.1 Å². The Bertz CT molecular complexity index is 1700. The number of anilines is 2. The number of nitrogens with zero attached hydrogens (tertiary/aromatic N) is 5. The van der Waals surface area contributed by atoms with Crippen LogP contribution in [0.3, 0.4) is 0 Å². The number of aryl methyl sites for hydroxylation is 1. The highest BCUT2D eigenvalue weighted by Crippen LogP contribution is 2.44. The molecule has 4 fully saturated rings. The van der Waals surface area contributed by atoms with Gasteiger partial charge < -0.3 is 25.0 Å². The molecular weight excluding hydrogens is 574 g/mol. The molecule has 2 N–H and O–H groups in total. The maximum absolute atomic E-state index is 15.0. The highest BCUT2D eigenvalue weighted by Gasteiger charge is 2.49. The van der Waals surface area contributed by atoms with E-state index in [1.807, 2.05) is 6.92 Å². The average Bonchev–Trinajstić information content (AvgIpc) is 3.68. The van der Waals surface area contributed by atoms with E-state index in [9.17, 15) is 14.8 Å². The third-order valence-electron chi connectivity index (χ3n) is 11.0. The zero-order valence-corrected chi connectivity index (χ0v) is 25.8. The summed E-state index contributed by atoms with van der Waals surface area (Å²) in [5.74, 6) is 0.206. The van der Waals surface area contributed by atoms with Gasteiger partial charge in [-0.05, 0) is 68.2 Å². The van der Waals surface area contributed by atoms with Crippen LogP contribution in [0.1, 0.15) is 61.4 Å². The van der Waals surface area contributed by atoms with Gasteiger partial charge in [0.05, 0.1) is 23.5 Å². The predicted molar refractivity (Wildman–Crippen MR) is 169 cm³/mol. The second kappa shape index (κ2) is 11.0. The van der Waals surface area contributed by atoms with Crippen LogP contribution in [0.25, 0.3) is 10.8 Å². The molecule has 5 aliphatic heterocycles. The maximum Gasteiger partial charge on any atom is 0.234 e. The summed E-state index contributed by atoms with van der Waals surface area (Å²) in [7, 11) is 0. The molecule has 0 radical (unpaired) electrons. The van der Waals surface area contributed by atoms with E-state index in [1.54, 1.807) is 18.2 Å².